The van der Waals surface area contributed by atoms with Crippen LogP contribution in [0.5, 0.6) is 0 Å². The zero-order valence-electron chi connectivity index (χ0n) is 29.1. The van der Waals surface area contributed by atoms with Crippen LogP contribution in [-0.2, 0) is 5.41 Å². The molecule has 7 aromatic carbocycles. The fourth-order valence-electron chi connectivity index (χ4n) is 8.25. The van der Waals surface area contributed by atoms with Gasteiger partial charge in [-0.05, 0) is 75.8 Å². The number of benzene rings is 7. The SMILES string of the molecule is CC1(C)c2ccccc2-c2cc3c4cc(-c5ccccc5-c5nc(-c6ccccc6)cc(-c6ccccc6)n5)ccc4n(-c4ccccc4)c3cc21. The van der Waals surface area contributed by atoms with Crippen molar-refractivity contribution in [3.63, 3.8) is 0 Å². The molecule has 52 heavy (non-hydrogen) atoms. The van der Waals surface area contributed by atoms with Crippen LogP contribution in [0.1, 0.15) is 25.0 Å². The average Bonchev–Trinajstić information content (AvgIpc) is 3.65. The highest BCUT2D eigenvalue weighted by Gasteiger charge is 2.36. The maximum Gasteiger partial charge on any atom is 0.161 e. The molecule has 0 amide bonds. The molecule has 2 aromatic heterocycles. The van der Waals surface area contributed by atoms with Gasteiger partial charge in [-0.2, -0.15) is 0 Å². The molecule has 0 aliphatic heterocycles. The van der Waals surface area contributed by atoms with E-state index in [-0.39, 0.29) is 5.41 Å². The first kappa shape index (κ1) is 30.3. The fraction of sp³-hybridized carbons (Fsp3) is 0.0612. The summed E-state index contributed by atoms with van der Waals surface area (Å²) in [4.78, 5) is 10.4. The second-order valence-electron chi connectivity index (χ2n) is 14.2. The molecule has 0 saturated heterocycles. The molecule has 1 aliphatic rings. The Labute approximate surface area is 303 Å². The smallest absolute Gasteiger partial charge is 0.161 e. The maximum atomic E-state index is 5.20. The molecule has 0 radical (unpaired) electrons. The summed E-state index contributed by atoms with van der Waals surface area (Å²) in [5, 5.41) is 2.47. The lowest BCUT2D eigenvalue weighted by Crippen LogP contribution is -2.14. The molecule has 0 fully saturated rings. The van der Waals surface area contributed by atoms with Crippen LogP contribution in [-0.4, -0.2) is 14.5 Å². The molecular formula is C49H35N3. The van der Waals surface area contributed by atoms with E-state index < -0.39 is 0 Å². The lowest BCUT2D eigenvalue weighted by molar-refractivity contribution is 0.661. The summed E-state index contributed by atoms with van der Waals surface area (Å²) in [6.07, 6.45) is 0. The third-order valence-electron chi connectivity index (χ3n) is 10.8. The summed E-state index contributed by atoms with van der Waals surface area (Å²) >= 11 is 0. The minimum absolute atomic E-state index is 0.0882. The lowest BCUT2D eigenvalue weighted by atomic mass is 9.82. The molecule has 0 saturated carbocycles. The van der Waals surface area contributed by atoms with Crippen LogP contribution in [0.2, 0.25) is 0 Å². The summed E-state index contributed by atoms with van der Waals surface area (Å²) in [7, 11) is 0. The van der Waals surface area contributed by atoms with E-state index in [1.807, 2.05) is 12.1 Å². The second-order valence-corrected chi connectivity index (χ2v) is 14.2. The molecule has 0 spiro atoms. The Kier molecular flexibility index (Phi) is 6.84. The van der Waals surface area contributed by atoms with Crippen molar-refractivity contribution in [2.24, 2.45) is 0 Å². The molecule has 1 aliphatic carbocycles. The molecule has 0 unspecified atom stereocenters. The monoisotopic (exact) mass is 665 g/mol. The first-order valence-corrected chi connectivity index (χ1v) is 17.9. The van der Waals surface area contributed by atoms with Gasteiger partial charge in [-0.3, -0.25) is 0 Å². The van der Waals surface area contributed by atoms with Crippen molar-refractivity contribution in [1.29, 1.82) is 0 Å². The van der Waals surface area contributed by atoms with Crippen LogP contribution in [0, 0.1) is 0 Å². The first-order chi connectivity index (χ1) is 25.5. The summed E-state index contributed by atoms with van der Waals surface area (Å²) in [5.41, 5.74) is 16.0. The van der Waals surface area contributed by atoms with Crippen LogP contribution >= 0.6 is 0 Å². The van der Waals surface area contributed by atoms with Crippen molar-refractivity contribution < 1.29 is 0 Å². The number of fused-ring (bicyclic) bond motifs is 6. The number of rotatable bonds is 5. The van der Waals surface area contributed by atoms with Crippen molar-refractivity contribution in [2.45, 2.75) is 19.3 Å². The summed E-state index contributed by atoms with van der Waals surface area (Å²) in [6.45, 7) is 4.71. The van der Waals surface area contributed by atoms with Gasteiger partial charge in [0.2, 0.25) is 0 Å². The van der Waals surface area contributed by atoms with E-state index in [0.29, 0.717) is 5.82 Å². The van der Waals surface area contributed by atoms with Crippen molar-refractivity contribution in [3.8, 4) is 61.8 Å². The topological polar surface area (TPSA) is 30.7 Å². The minimum Gasteiger partial charge on any atom is -0.309 e. The van der Waals surface area contributed by atoms with Gasteiger partial charge in [0, 0.05) is 38.6 Å². The van der Waals surface area contributed by atoms with E-state index >= 15 is 0 Å². The van der Waals surface area contributed by atoms with Gasteiger partial charge in [-0.15, -0.1) is 0 Å². The average molecular weight is 666 g/mol. The maximum absolute atomic E-state index is 5.20. The standard InChI is InChI=1S/C49H35N3/c1-49(2)42-25-15-14-23-37(42)39-29-41-40-28-34(26-27-46(40)52(47(41)30-43(39)49)35-20-10-5-11-21-35)36-22-12-13-24-38(36)48-50-44(32-16-6-3-7-17-32)31-45(51-48)33-18-8-4-9-19-33/h3-31H,1-2H3. The van der Waals surface area contributed by atoms with Gasteiger partial charge in [0.15, 0.2) is 5.82 Å². The van der Waals surface area contributed by atoms with Gasteiger partial charge >= 0.3 is 0 Å². The second kappa shape index (κ2) is 11.8. The molecule has 2 heterocycles. The molecule has 0 atom stereocenters. The van der Waals surface area contributed by atoms with E-state index in [1.54, 1.807) is 0 Å². The fourth-order valence-corrected chi connectivity index (χ4v) is 8.25. The highest BCUT2D eigenvalue weighted by molar-refractivity contribution is 6.13. The highest BCUT2D eigenvalue weighted by Crippen LogP contribution is 2.51. The Morgan fingerprint density at radius 3 is 1.63 bits per heavy atom. The van der Waals surface area contributed by atoms with E-state index in [4.69, 9.17) is 9.97 Å². The number of nitrogens with zero attached hydrogens (tertiary/aromatic N) is 3. The van der Waals surface area contributed by atoms with E-state index in [0.717, 1.165) is 44.9 Å². The largest absolute Gasteiger partial charge is 0.309 e. The van der Waals surface area contributed by atoms with Crippen LogP contribution in [0.3, 0.4) is 0 Å². The summed E-state index contributed by atoms with van der Waals surface area (Å²) < 4.78 is 2.43. The molecule has 0 N–H and O–H groups in total. The predicted octanol–water partition coefficient (Wildman–Crippen LogP) is 12.5. The summed E-state index contributed by atoms with van der Waals surface area (Å²) in [5.74, 6) is 0.708. The van der Waals surface area contributed by atoms with Crippen molar-refractivity contribution in [2.75, 3.05) is 0 Å². The lowest BCUT2D eigenvalue weighted by Gasteiger charge is -2.21. The molecule has 9 aromatic rings. The Morgan fingerprint density at radius 1 is 0.404 bits per heavy atom. The zero-order chi connectivity index (χ0) is 34.8. The third kappa shape index (κ3) is 4.74. The number of aromatic nitrogens is 3. The van der Waals surface area contributed by atoms with Gasteiger partial charge in [0.25, 0.3) is 0 Å². The highest BCUT2D eigenvalue weighted by atomic mass is 15.0. The zero-order valence-corrected chi connectivity index (χ0v) is 29.1. The van der Waals surface area contributed by atoms with Gasteiger partial charge in [0.05, 0.1) is 22.4 Å². The van der Waals surface area contributed by atoms with Crippen molar-refractivity contribution >= 4 is 21.8 Å². The van der Waals surface area contributed by atoms with Crippen LogP contribution in [0.15, 0.2) is 176 Å². The van der Waals surface area contributed by atoms with Crippen LogP contribution in [0.25, 0.3) is 83.6 Å². The molecule has 246 valence electrons. The van der Waals surface area contributed by atoms with E-state index in [2.05, 4.69) is 182 Å². The van der Waals surface area contributed by atoms with Crippen LogP contribution < -0.4 is 0 Å². The Balaban J connectivity index is 1.21. The molecular weight excluding hydrogens is 631 g/mol. The predicted molar refractivity (Wildman–Crippen MR) is 216 cm³/mol. The third-order valence-corrected chi connectivity index (χ3v) is 10.8. The van der Waals surface area contributed by atoms with Crippen molar-refractivity contribution in [1.82, 2.24) is 14.5 Å². The molecule has 3 heteroatoms. The molecule has 3 nitrogen and oxygen atoms in total. The Hall–Kier alpha value is -6.58. The minimum atomic E-state index is -0.0882. The van der Waals surface area contributed by atoms with Gasteiger partial charge in [0.1, 0.15) is 0 Å². The number of hydrogen-bond donors (Lipinski definition) is 0. The van der Waals surface area contributed by atoms with E-state index in [9.17, 15) is 0 Å². The normalized spacial score (nSPS) is 13.0. The quantitative estimate of drug-likeness (QED) is 0.183. The van der Waals surface area contributed by atoms with Crippen molar-refractivity contribution in [3.05, 3.63) is 187 Å². The first-order valence-electron chi connectivity index (χ1n) is 17.9. The summed E-state index contributed by atoms with van der Waals surface area (Å²) in [6, 6.07) is 62.8. The number of hydrogen-bond acceptors (Lipinski definition) is 2. The Morgan fingerprint density at radius 2 is 0.962 bits per heavy atom. The van der Waals surface area contributed by atoms with Crippen LogP contribution in [0.4, 0.5) is 0 Å². The Bertz CT molecular complexity index is 2740. The van der Waals surface area contributed by atoms with E-state index in [1.165, 1.54) is 44.1 Å². The van der Waals surface area contributed by atoms with Gasteiger partial charge in [-0.1, -0.05) is 147 Å². The number of para-hydroxylation sites is 1. The molecule has 10 rings (SSSR count). The van der Waals surface area contributed by atoms with Gasteiger partial charge in [-0.25, -0.2) is 9.97 Å². The molecule has 0 bridgehead atoms. The van der Waals surface area contributed by atoms with Gasteiger partial charge < -0.3 is 4.57 Å².